The van der Waals surface area contributed by atoms with Gasteiger partial charge in [-0.15, -0.1) is 0 Å². The van der Waals surface area contributed by atoms with Gasteiger partial charge < -0.3 is 14.2 Å². The molecule has 114 valence electrons. The van der Waals surface area contributed by atoms with E-state index in [4.69, 9.17) is 10.00 Å². The molecule has 0 spiro atoms. The Morgan fingerprint density at radius 3 is 2.90 bits per heavy atom. The average Bonchev–Trinajstić information content (AvgIpc) is 2.88. The van der Waals surface area contributed by atoms with Crippen molar-refractivity contribution >= 4 is 5.91 Å². The van der Waals surface area contributed by atoms with Crippen LogP contribution >= 0.6 is 0 Å². The second-order valence-corrected chi connectivity index (χ2v) is 5.46. The summed E-state index contributed by atoms with van der Waals surface area (Å²) in [6.45, 7) is 5.50. The largest absolute Gasteiger partial charge is 0.366 e. The molecule has 1 atom stereocenters. The molecule has 1 fully saturated rings. The van der Waals surface area contributed by atoms with Gasteiger partial charge in [0.05, 0.1) is 6.61 Å². The summed E-state index contributed by atoms with van der Waals surface area (Å²) in [5.74, 6) is 0.00328. The van der Waals surface area contributed by atoms with Crippen LogP contribution in [-0.2, 0) is 22.6 Å². The number of hydrogen-bond acceptors (Lipinski definition) is 4. The molecule has 0 saturated carbocycles. The summed E-state index contributed by atoms with van der Waals surface area (Å²) in [5, 5.41) is 9.09. The number of amides is 1. The summed E-state index contributed by atoms with van der Waals surface area (Å²) in [5.41, 5.74) is 1.79. The Balaban J connectivity index is 2.01. The fraction of sp³-hybridized carbons (Fsp3) is 0.600. The number of morpholine rings is 1. The number of hydrogen-bond donors (Lipinski definition) is 0. The fourth-order valence-electron chi connectivity index (χ4n) is 2.55. The highest BCUT2D eigenvalue weighted by molar-refractivity contribution is 5.80. The van der Waals surface area contributed by atoms with E-state index in [0.717, 1.165) is 25.2 Å². The van der Waals surface area contributed by atoms with Crippen LogP contribution in [0.15, 0.2) is 12.3 Å². The zero-order valence-electron chi connectivity index (χ0n) is 12.9. The molecular formula is C15H22N4O2. The standard InChI is InChI=1S/C15H22N4O2/c1-4-19-10-12(7-13(19)8-16)9-18-5-6-21-14(11-18)15(20)17(2)3/h7,10,14H,4-6,9,11H2,1-3H3/t14-/m0/s1. The van der Waals surface area contributed by atoms with E-state index >= 15 is 0 Å². The van der Waals surface area contributed by atoms with Crippen molar-refractivity contribution in [1.82, 2.24) is 14.4 Å². The monoisotopic (exact) mass is 290 g/mol. The highest BCUT2D eigenvalue weighted by Crippen LogP contribution is 2.14. The van der Waals surface area contributed by atoms with Crippen LogP contribution < -0.4 is 0 Å². The van der Waals surface area contributed by atoms with E-state index in [1.807, 2.05) is 23.8 Å². The summed E-state index contributed by atoms with van der Waals surface area (Å²) >= 11 is 0. The second kappa shape index (κ2) is 6.74. The van der Waals surface area contributed by atoms with Gasteiger partial charge in [-0.25, -0.2) is 0 Å². The Morgan fingerprint density at radius 2 is 2.33 bits per heavy atom. The van der Waals surface area contributed by atoms with E-state index in [2.05, 4.69) is 11.0 Å². The normalized spacial score (nSPS) is 19.2. The van der Waals surface area contributed by atoms with Crippen molar-refractivity contribution in [1.29, 1.82) is 5.26 Å². The average molecular weight is 290 g/mol. The maximum absolute atomic E-state index is 12.0. The van der Waals surface area contributed by atoms with Crippen molar-refractivity contribution in [2.24, 2.45) is 0 Å². The predicted molar refractivity (Wildman–Crippen MR) is 78.5 cm³/mol. The molecule has 1 aromatic heterocycles. The van der Waals surface area contributed by atoms with Crippen LogP contribution in [0, 0.1) is 11.3 Å². The quantitative estimate of drug-likeness (QED) is 0.817. The number of likely N-dealkylation sites (N-methyl/N-ethyl adjacent to an activating group) is 1. The van der Waals surface area contributed by atoms with E-state index in [0.29, 0.717) is 18.8 Å². The van der Waals surface area contributed by atoms with E-state index in [1.54, 1.807) is 19.0 Å². The second-order valence-electron chi connectivity index (χ2n) is 5.46. The lowest BCUT2D eigenvalue weighted by molar-refractivity contribution is -0.147. The van der Waals surface area contributed by atoms with E-state index in [9.17, 15) is 4.79 Å². The first-order valence-corrected chi connectivity index (χ1v) is 7.19. The number of nitriles is 1. The molecule has 21 heavy (non-hydrogen) atoms. The third kappa shape index (κ3) is 3.63. The molecule has 1 aliphatic heterocycles. The number of nitrogens with zero attached hydrogens (tertiary/aromatic N) is 4. The minimum atomic E-state index is -0.391. The molecule has 1 aliphatic rings. The number of carbonyl (C=O) groups excluding carboxylic acids is 1. The zero-order chi connectivity index (χ0) is 15.4. The van der Waals surface area contributed by atoms with Crippen molar-refractivity contribution in [2.75, 3.05) is 33.8 Å². The Bertz CT molecular complexity index is 544. The van der Waals surface area contributed by atoms with Crippen molar-refractivity contribution in [3.8, 4) is 6.07 Å². The Labute approximate surface area is 125 Å². The van der Waals surface area contributed by atoms with Crippen LogP contribution in [0.4, 0.5) is 0 Å². The summed E-state index contributed by atoms with van der Waals surface area (Å²) < 4.78 is 7.49. The van der Waals surface area contributed by atoms with Gasteiger partial charge in [0.2, 0.25) is 0 Å². The van der Waals surface area contributed by atoms with Gasteiger partial charge in [0.25, 0.3) is 5.91 Å². The van der Waals surface area contributed by atoms with Crippen LogP contribution in [0.25, 0.3) is 0 Å². The molecule has 0 aromatic carbocycles. The molecule has 0 N–H and O–H groups in total. The molecule has 0 bridgehead atoms. The summed E-state index contributed by atoms with van der Waals surface area (Å²) in [4.78, 5) is 15.7. The lowest BCUT2D eigenvalue weighted by Gasteiger charge is -2.33. The predicted octanol–water partition coefficient (Wildman–Crippen LogP) is 0.669. The van der Waals surface area contributed by atoms with Crippen LogP contribution in [0.3, 0.4) is 0 Å². The van der Waals surface area contributed by atoms with E-state index < -0.39 is 6.10 Å². The van der Waals surface area contributed by atoms with Crippen molar-refractivity contribution < 1.29 is 9.53 Å². The topological polar surface area (TPSA) is 61.5 Å². The first kappa shape index (κ1) is 15.5. The van der Waals surface area contributed by atoms with Gasteiger partial charge in [0.15, 0.2) is 0 Å². The van der Waals surface area contributed by atoms with Crippen LogP contribution in [-0.4, -0.2) is 60.2 Å². The molecule has 0 radical (unpaired) electrons. The molecule has 6 nitrogen and oxygen atoms in total. The van der Waals surface area contributed by atoms with Crippen LogP contribution in [0.1, 0.15) is 18.2 Å². The molecule has 0 aliphatic carbocycles. The highest BCUT2D eigenvalue weighted by atomic mass is 16.5. The third-order valence-corrected chi connectivity index (χ3v) is 3.68. The fourth-order valence-corrected chi connectivity index (χ4v) is 2.55. The maximum atomic E-state index is 12.0. The maximum Gasteiger partial charge on any atom is 0.252 e. The highest BCUT2D eigenvalue weighted by Gasteiger charge is 2.27. The van der Waals surface area contributed by atoms with Gasteiger partial charge in [0, 0.05) is 46.5 Å². The summed E-state index contributed by atoms with van der Waals surface area (Å²) in [7, 11) is 3.48. The molecule has 2 rings (SSSR count). The van der Waals surface area contributed by atoms with Crippen molar-refractivity contribution in [2.45, 2.75) is 26.1 Å². The Kier molecular flexibility index (Phi) is 4.99. The lowest BCUT2D eigenvalue weighted by Crippen LogP contribution is -2.49. The number of ether oxygens (including phenoxy) is 1. The van der Waals surface area contributed by atoms with Gasteiger partial charge in [-0.2, -0.15) is 5.26 Å². The molecule has 2 heterocycles. The Morgan fingerprint density at radius 1 is 1.57 bits per heavy atom. The number of aromatic nitrogens is 1. The number of aryl methyl sites for hydroxylation is 1. The number of carbonyl (C=O) groups is 1. The minimum Gasteiger partial charge on any atom is -0.366 e. The Hall–Kier alpha value is -1.84. The molecule has 1 aromatic rings. The minimum absolute atomic E-state index is 0.00328. The molecule has 1 saturated heterocycles. The van der Waals surface area contributed by atoms with Crippen LogP contribution in [0.5, 0.6) is 0 Å². The first-order chi connectivity index (χ1) is 10.0. The summed E-state index contributed by atoms with van der Waals surface area (Å²) in [6, 6.07) is 4.12. The van der Waals surface area contributed by atoms with Gasteiger partial charge >= 0.3 is 0 Å². The number of rotatable bonds is 4. The molecule has 1 amide bonds. The summed E-state index contributed by atoms with van der Waals surface area (Å²) in [6.07, 6.45) is 1.62. The molecule has 6 heteroatoms. The SMILES string of the molecule is CCn1cc(CN2CCO[C@H](C(=O)N(C)C)C2)cc1C#N. The van der Waals surface area contributed by atoms with E-state index in [-0.39, 0.29) is 5.91 Å². The first-order valence-electron chi connectivity index (χ1n) is 7.19. The van der Waals surface area contributed by atoms with Crippen molar-refractivity contribution in [3.05, 3.63) is 23.5 Å². The van der Waals surface area contributed by atoms with Gasteiger partial charge in [0.1, 0.15) is 17.9 Å². The van der Waals surface area contributed by atoms with Gasteiger partial charge in [-0.3, -0.25) is 9.69 Å². The van der Waals surface area contributed by atoms with Gasteiger partial charge in [-0.1, -0.05) is 0 Å². The van der Waals surface area contributed by atoms with E-state index in [1.165, 1.54) is 0 Å². The van der Waals surface area contributed by atoms with Crippen molar-refractivity contribution in [3.63, 3.8) is 0 Å². The van der Waals surface area contributed by atoms with Crippen LogP contribution in [0.2, 0.25) is 0 Å². The molecular weight excluding hydrogens is 268 g/mol. The smallest absolute Gasteiger partial charge is 0.252 e. The molecule has 0 unspecified atom stereocenters. The lowest BCUT2D eigenvalue weighted by atomic mass is 10.2. The van der Waals surface area contributed by atoms with Gasteiger partial charge in [-0.05, 0) is 18.6 Å². The third-order valence-electron chi connectivity index (χ3n) is 3.68. The zero-order valence-corrected chi connectivity index (χ0v) is 12.9.